The Morgan fingerprint density at radius 1 is 0.829 bits per heavy atom. The van der Waals surface area contributed by atoms with Crippen molar-refractivity contribution < 1.29 is 9.16 Å². The third-order valence-electron chi connectivity index (χ3n) is 7.14. The van der Waals surface area contributed by atoms with Gasteiger partial charge >= 0.3 is 0 Å². The van der Waals surface area contributed by atoms with Gasteiger partial charge in [-0.15, -0.1) is 0 Å². The lowest BCUT2D eigenvalue weighted by molar-refractivity contribution is 0.243. The van der Waals surface area contributed by atoms with Gasteiger partial charge in [-0.2, -0.15) is 0 Å². The Hall–Kier alpha value is -3.28. The lowest BCUT2D eigenvalue weighted by atomic mass is 9.98. The summed E-state index contributed by atoms with van der Waals surface area (Å²) in [6.07, 6.45) is 1.73. The second-order valence-electron chi connectivity index (χ2n) is 9.79. The monoisotopic (exact) mass is 480 g/mol. The zero-order valence-electron chi connectivity index (χ0n) is 21.0. The fourth-order valence-corrected chi connectivity index (χ4v) is 10.5. The van der Waals surface area contributed by atoms with Crippen molar-refractivity contribution in [3.05, 3.63) is 96.2 Å². The topological polar surface area (TPSA) is 44.2 Å². The van der Waals surface area contributed by atoms with Crippen LogP contribution in [0.1, 0.15) is 44.9 Å². The number of aromatic nitrogens is 2. The van der Waals surface area contributed by atoms with Crippen molar-refractivity contribution in [2.45, 2.75) is 44.9 Å². The molecule has 5 heteroatoms. The molecule has 0 N–H and O–H groups in total. The lowest BCUT2D eigenvalue weighted by Crippen LogP contribution is -2.53. The van der Waals surface area contributed by atoms with Crippen LogP contribution in [-0.2, 0) is 4.43 Å². The molecule has 1 aliphatic rings. The van der Waals surface area contributed by atoms with Gasteiger partial charge in [-0.05, 0) is 34.3 Å². The highest BCUT2D eigenvalue weighted by Crippen LogP contribution is 2.48. The number of methoxy groups -OCH3 is 1. The average molecular weight is 481 g/mol. The van der Waals surface area contributed by atoms with E-state index in [0.717, 1.165) is 22.5 Å². The quantitative estimate of drug-likeness (QED) is 0.281. The van der Waals surface area contributed by atoms with Crippen molar-refractivity contribution in [1.82, 2.24) is 9.97 Å². The van der Waals surface area contributed by atoms with Crippen molar-refractivity contribution in [2.75, 3.05) is 7.11 Å². The van der Waals surface area contributed by atoms with Gasteiger partial charge in [-0.25, -0.2) is 9.97 Å². The summed E-state index contributed by atoms with van der Waals surface area (Å²) in [5.41, 5.74) is 7.26. The van der Waals surface area contributed by atoms with Gasteiger partial charge in [0.1, 0.15) is 0 Å². The number of fused-ring (bicyclic) bond motifs is 1. The van der Waals surface area contributed by atoms with Gasteiger partial charge in [0.05, 0.1) is 24.6 Å². The Balaban J connectivity index is 1.83. The van der Waals surface area contributed by atoms with E-state index < -0.39 is 8.32 Å². The third kappa shape index (κ3) is 3.99. The highest BCUT2D eigenvalue weighted by Gasteiger charge is 2.54. The van der Waals surface area contributed by atoms with E-state index in [4.69, 9.17) is 14.1 Å². The largest absolute Gasteiger partial charge is 0.481 e. The highest BCUT2D eigenvalue weighted by atomic mass is 28.4. The first-order valence-corrected chi connectivity index (χ1v) is 14.4. The number of ether oxygens (including phenoxy) is 1. The second kappa shape index (κ2) is 9.40. The van der Waals surface area contributed by atoms with Crippen LogP contribution in [0.5, 0.6) is 5.88 Å². The standard InChI is InChI=1S/C30H32N2O2Si/c1-20(2)35(21(3)4)30-25(29(34-35)23-14-10-7-11-15-23)18-26(24-16-17-27(33-5)31-19-24)32-28(30)22-12-8-6-9-13-22/h6-21,29H,1-5H3/t29-/m0/s1. The highest BCUT2D eigenvalue weighted by molar-refractivity contribution is 6.91. The summed E-state index contributed by atoms with van der Waals surface area (Å²) in [5, 5.41) is 1.34. The van der Waals surface area contributed by atoms with Crippen molar-refractivity contribution in [3.63, 3.8) is 0 Å². The molecule has 2 aromatic heterocycles. The smallest absolute Gasteiger partial charge is 0.233 e. The maximum absolute atomic E-state index is 7.28. The van der Waals surface area contributed by atoms with E-state index in [0.29, 0.717) is 17.0 Å². The van der Waals surface area contributed by atoms with E-state index in [1.54, 1.807) is 7.11 Å². The molecule has 0 aliphatic carbocycles. The van der Waals surface area contributed by atoms with Crippen LogP contribution in [0.2, 0.25) is 11.1 Å². The van der Waals surface area contributed by atoms with Gasteiger partial charge in [-0.3, -0.25) is 0 Å². The van der Waals surface area contributed by atoms with Gasteiger partial charge in [0.15, 0.2) is 0 Å². The molecule has 4 aromatic rings. The van der Waals surface area contributed by atoms with E-state index in [-0.39, 0.29) is 6.10 Å². The van der Waals surface area contributed by atoms with Gasteiger partial charge in [0, 0.05) is 28.6 Å². The molecule has 0 spiro atoms. The van der Waals surface area contributed by atoms with Crippen LogP contribution in [0.25, 0.3) is 22.5 Å². The minimum atomic E-state index is -2.42. The minimum Gasteiger partial charge on any atom is -0.481 e. The number of benzene rings is 2. The van der Waals surface area contributed by atoms with Gasteiger partial charge in [-0.1, -0.05) is 88.4 Å². The Bertz CT molecular complexity index is 1300. The molecule has 178 valence electrons. The van der Waals surface area contributed by atoms with E-state index in [1.807, 2.05) is 18.3 Å². The number of rotatable bonds is 6. The van der Waals surface area contributed by atoms with Gasteiger partial charge in [0.2, 0.25) is 14.2 Å². The normalized spacial score (nSPS) is 16.5. The van der Waals surface area contributed by atoms with Crippen molar-refractivity contribution >= 4 is 13.5 Å². The van der Waals surface area contributed by atoms with Crippen molar-refractivity contribution in [3.8, 4) is 28.4 Å². The Morgan fingerprint density at radius 3 is 2.06 bits per heavy atom. The van der Waals surface area contributed by atoms with Crippen LogP contribution < -0.4 is 9.92 Å². The summed E-state index contributed by atoms with van der Waals surface area (Å²) >= 11 is 0. The Kier molecular flexibility index (Phi) is 6.30. The van der Waals surface area contributed by atoms with Crippen molar-refractivity contribution in [2.24, 2.45) is 0 Å². The molecule has 0 saturated heterocycles. The van der Waals surface area contributed by atoms with Crippen LogP contribution in [0.3, 0.4) is 0 Å². The number of hydrogen-bond acceptors (Lipinski definition) is 4. The first-order chi connectivity index (χ1) is 17.0. The molecule has 0 saturated carbocycles. The molecule has 4 nitrogen and oxygen atoms in total. The molecule has 0 amide bonds. The molecule has 3 heterocycles. The molecule has 0 bridgehead atoms. The summed E-state index contributed by atoms with van der Waals surface area (Å²) in [5.74, 6) is 0.592. The average Bonchev–Trinajstić information content (AvgIpc) is 3.26. The maximum atomic E-state index is 7.28. The van der Waals surface area contributed by atoms with Crippen LogP contribution in [0.15, 0.2) is 85.1 Å². The summed E-state index contributed by atoms with van der Waals surface area (Å²) in [7, 11) is -0.786. The Labute approximate surface area is 209 Å². The van der Waals surface area contributed by atoms with Gasteiger partial charge < -0.3 is 9.16 Å². The van der Waals surface area contributed by atoms with Crippen LogP contribution >= 0.6 is 0 Å². The fourth-order valence-electron chi connectivity index (χ4n) is 5.50. The first kappa shape index (κ1) is 23.5. The summed E-state index contributed by atoms with van der Waals surface area (Å²) in [6.45, 7) is 9.28. The molecule has 35 heavy (non-hydrogen) atoms. The zero-order valence-corrected chi connectivity index (χ0v) is 22.0. The molecular formula is C30H32N2O2Si. The minimum absolute atomic E-state index is 0.113. The summed E-state index contributed by atoms with van der Waals surface area (Å²) < 4.78 is 12.6. The number of hydrogen-bond donors (Lipinski definition) is 0. The molecule has 2 aromatic carbocycles. The van der Waals surface area contributed by atoms with Gasteiger partial charge in [0.25, 0.3) is 0 Å². The predicted octanol–water partition coefficient (Wildman–Crippen LogP) is 6.91. The summed E-state index contributed by atoms with van der Waals surface area (Å²) in [4.78, 5) is 9.75. The molecule has 0 radical (unpaired) electrons. The first-order valence-electron chi connectivity index (χ1n) is 12.3. The van der Waals surface area contributed by atoms with Crippen LogP contribution in [0.4, 0.5) is 0 Å². The third-order valence-corrected chi connectivity index (χ3v) is 12.5. The fraction of sp³-hybridized carbons (Fsp3) is 0.267. The molecule has 1 atom stereocenters. The van der Waals surface area contributed by atoms with Crippen molar-refractivity contribution in [1.29, 1.82) is 0 Å². The molecule has 0 fully saturated rings. The summed E-state index contributed by atoms with van der Waals surface area (Å²) in [6, 6.07) is 27.3. The van der Waals surface area contributed by atoms with E-state index in [1.165, 1.54) is 16.3 Å². The van der Waals surface area contributed by atoms with E-state index in [9.17, 15) is 0 Å². The zero-order chi connectivity index (χ0) is 24.6. The number of nitrogens with zero attached hydrogens (tertiary/aromatic N) is 2. The molecule has 5 rings (SSSR count). The molecule has 1 aliphatic heterocycles. The lowest BCUT2D eigenvalue weighted by Gasteiger charge is -2.36. The Morgan fingerprint density at radius 2 is 1.49 bits per heavy atom. The predicted molar refractivity (Wildman–Crippen MR) is 144 cm³/mol. The maximum Gasteiger partial charge on any atom is 0.233 e. The SMILES string of the molecule is COc1ccc(-c2cc3c(c(-c4ccccc4)n2)[Si](C(C)C)(C(C)C)O[C@H]3c2ccccc2)cn1. The van der Waals surface area contributed by atoms with E-state index in [2.05, 4.69) is 99.4 Å². The number of pyridine rings is 2. The second-order valence-corrected chi connectivity index (χ2v) is 14.4. The molecular weight excluding hydrogens is 448 g/mol. The van der Waals surface area contributed by atoms with Crippen LogP contribution in [0, 0.1) is 0 Å². The molecule has 0 unspecified atom stereocenters. The van der Waals surface area contributed by atoms with E-state index >= 15 is 0 Å². The van der Waals surface area contributed by atoms with Crippen LogP contribution in [-0.4, -0.2) is 25.4 Å².